The molecule has 2 aliphatic rings. The molecule has 0 saturated heterocycles. The quantitative estimate of drug-likeness (QED) is 0.585. The van der Waals surface area contributed by atoms with Crippen molar-refractivity contribution in [2.45, 2.75) is 51.6 Å². The van der Waals surface area contributed by atoms with Crippen LogP contribution in [0.4, 0.5) is 0 Å². The Kier molecular flexibility index (Phi) is 3.98. The molecule has 0 N–H and O–H groups in total. The van der Waals surface area contributed by atoms with Gasteiger partial charge in [-0.05, 0) is 0 Å². The average molecular weight is 355 g/mol. The third-order valence-electron chi connectivity index (χ3n) is 4.09. The van der Waals surface area contributed by atoms with Crippen molar-refractivity contribution in [3.05, 3.63) is 18.7 Å². The Balaban J connectivity index is 2.63. The van der Waals surface area contributed by atoms with Gasteiger partial charge in [-0.15, -0.1) is 0 Å². The second-order valence-corrected chi connectivity index (χ2v) is 42.5. The van der Waals surface area contributed by atoms with Crippen molar-refractivity contribution in [1.82, 2.24) is 0 Å². The molecule has 90 valence electrons. The second-order valence-electron chi connectivity index (χ2n) is 5.26. The van der Waals surface area contributed by atoms with Gasteiger partial charge in [-0.1, -0.05) is 0 Å². The number of allylic oxidation sites excluding steroid dienone is 4. The van der Waals surface area contributed by atoms with Crippen LogP contribution in [0.25, 0.3) is 0 Å². The molecule has 0 heterocycles. The summed E-state index contributed by atoms with van der Waals surface area (Å²) in [6.45, 7) is 4.66. The van der Waals surface area contributed by atoms with Gasteiger partial charge in [-0.2, -0.15) is 0 Å². The summed E-state index contributed by atoms with van der Waals surface area (Å²) in [7, 11) is 14.5. The maximum atomic E-state index is 7.23. The van der Waals surface area contributed by atoms with Crippen LogP contribution in [0.3, 0.4) is 0 Å². The van der Waals surface area contributed by atoms with Crippen LogP contribution in [0.2, 0.25) is 13.1 Å². The van der Waals surface area contributed by atoms with Gasteiger partial charge >= 0.3 is 108 Å². The van der Waals surface area contributed by atoms with Crippen molar-refractivity contribution in [2.75, 3.05) is 0 Å². The van der Waals surface area contributed by atoms with Crippen molar-refractivity contribution >= 4 is 22.5 Å². The predicted molar refractivity (Wildman–Crippen MR) is 73.1 cm³/mol. The standard InChI is InChI=1S/2C5H7.C2H6Si.2ClH.Zr/c2*1-2-4-5-3-1;1-3-2;;;/h2*1H,2,4-5H2;1-2H3;2*1H;/q;;;;;+2/p-2. The summed E-state index contributed by atoms with van der Waals surface area (Å²) in [5, 5.41) is 0. The normalized spacial score (nSPS) is 22.1. The molecule has 0 spiro atoms. The molecule has 0 fully saturated rings. The van der Waals surface area contributed by atoms with E-state index in [1.807, 2.05) is 0 Å². The molecule has 0 nitrogen and oxygen atoms in total. The Morgan fingerprint density at radius 2 is 1.44 bits per heavy atom. The summed E-state index contributed by atoms with van der Waals surface area (Å²) >= 11 is -3.68. The molecule has 0 radical (unpaired) electrons. The van der Waals surface area contributed by atoms with Gasteiger partial charge < -0.3 is 0 Å². The van der Waals surface area contributed by atoms with Crippen molar-refractivity contribution in [3.63, 3.8) is 0 Å². The molecule has 2 rings (SSSR count). The first-order valence-corrected chi connectivity index (χ1v) is 21.2. The van der Waals surface area contributed by atoms with E-state index in [-0.39, 0.29) is 0 Å². The van der Waals surface area contributed by atoms with Gasteiger partial charge in [0.25, 0.3) is 0 Å². The maximum absolute atomic E-state index is 7.23. The Morgan fingerprint density at radius 1 is 1.00 bits per heavy atom. The first-order valence-electron chi connectivity index (χ1n) is 6.23. The minimum absolute atomic E-state index is 0.632. The van der Waals surface area contributed by atoms with E-state index in [1.54, 1.807) is 0 Å². The van der Waals surface area contributed by atoms with E-state index in [9.17, 15) is 0 Å². The summed E-state index contributed by atoms with van der Waals surface area (Å²) in [4.78, 5) is 0. The van der Waals surface area contributed by atoms with Crippen LogP contribution in [0, 0.1) is 0 Å². The molecule has 0 unspecified atom stereocenters. The molecule has 16 heavy (non-hydrogen) atoms. The fourth-order valence-corrected chi connectivity index (χ4v) is 27.0. The summed E-state index contributed by atoms with van der Waals surface area (Å²) in [5.41, 5.74) is -0.632. The molecule has 0 saturated carbocycles. The van der Waals surface area contributed by atoms with Crippen molar-refractivity contribution in [2.24, 2.45) is 0 Å². The molecule has 2 aliphatic carbocycles. The van der Waals surface area contributed by atoms with Gasteiger partial charge in [0.1, 0.15) is 0 Å². The molecule has 0 atom stereocenters. The summed E-state index contributed by atoms with van der Waals surface area (Å²) in [6, 6.07) is 0. The van der Waals surface area contributed by atoms with Gasteiger partial charge in [0.05, 0.1) is 0 Å². The molecule has 0 aliphatic heterocycles. The third kappa shape index (κ3) is 1.98. The zero-order valence-electron chi connectivity index (χ0n) is 10.2. The zero-order chi connectivity index (χ0) is 11.8. The molecule has 0 aromatic heterocycles. The molecular formula is C12H20Cl2SiZr. The van der Waals surface area contributed by atoms with Crippen LogP contribution in [0.5, 0.6) is 0 Å². The van der Waals surface area contributed by atoms with E-state index in [4.69, 9.17) is 17.0 Å². The second kappa shape index (κ2) is 4.68. The van der Waals surface area contributed by atoms with E-state index < -0.39 is 20.4 Å². The molecule has 0 aromatic rings. The van der Waals surface area contributed by atoms with E-state index in [2.05, 4.69) is 25.2 Å². The summed E-state index contributed by atoms with van der Waals surface area (Å²) in [5.74, 6) is 0. The minimum atomic E-state index is -3.68. The third-order valence-corrected chi connectivity index (χ3v) is 49.5. The van der Waals surface area contributed by atoms with Crippen LogP contribution in [0.15, 0.2) is 18.7 Å². The monoisotopic (exact) mass is 352 g/mol. The number of hydrogen-bond donors (Lipinski definition) is 0. The van der Waals surface area contributed by atoms with Crippen molar-refractivity contribution in [1.29, 1.82) is 0 Å². The Bertz CT molecular complexity index is 406. The Labute approximate surface area is 107 Å². The number of rotatable bonds is 2. The SMILES string of the molecule is C[Si](C)=[Zr]([Cl])([Cl])([C]1=CCCC1)[C]1=CCCC1. The van der Waals surface area contributed by atoms with Crippen molar-refractivity contribution in [3.8, 4) is 0 Å². The first-order chi connectivity index (χ1) is 7.46. The zero-order valence-corrected chi connectivity index (χ0v) is 15.1. The van der Waals surface area contributed by atoms with Crippen LogP contribution in [0.1, 0.15) is 38.5 Å². The van der Waals surface area contributed by atoms with Gasteiger partial charge in [-0.25, -0.2) is 0 Å². The fourth-order valence-electron chi connectivity index (χ4n) is 2.99. The molecule has 0 aromatic carbocycles. The summed E-state index contributed by atoms with van der Waals surface area (Å²) < 4.78 is 2.99. The fraction of sp³-hybridized carbons (Fsp3) is 0.667. The molecule has 4 heteroatoms. The Morgan fingerprint density at radius 3 is 1.69 bits per heavy atom. The predicted octanol–water partition coefficient (Wildman–Crippen LogP) is 5.37. The van der Waals surface area contributed by atoms with E-state index in [1.165, 1.54) is 45.1 Å². The molecular weight excluding hydrogens is 334 g/mol. The van der Waals surface area contributed by atoms with Gasteiger partial charge in [0.15, 0.2) is 0 Å². The van der Waals surface area contributed by atoms with Crippen LogP contribution < -0.4 is 0 Å². The van der Waals surface area contributed by atoms with Gasteiger partial charge in [-0.3, -0.25) is 0 Å². The van der Waals surface area contributed by atoms with Gasteiger partial charge in [0.2, 0.25) is 0 Å². The molecule has 0 bridgehead atoms. The molecule has 0 amide bonds. The Hall–Kier alpha value is 1.16. The van der Waals surface area contributed by atoms with Crippen molar-refractivity contribution < 1.29 is 15.0 Å². The number of hydrogen-bond acceptors (Lipinski definition) is 0. The van der Waals surface area contributed by atoms with E-state index >= 15 is 0 Å². The van der Waals surface area contributed by atoms with Crippen LogP contribution in [-0.2, 0) is 15.0 Å². The topological polar surface area (TPSA) is 0 Å². The average Bonchev–Trinajstić information content (AvgIpc) is 2.92. The van der Waals surface area contributed by atoms with Crippen LogP contribution in [-0.4, -0.2) is 5.43 Å². The number of halogens is 2. The van der Waals surface area contributed by atoms with Gasteiger partial charge in [0, 0.05) is 0 Å². The van der Waals surface area contributed by atoms with E-state index in [0.717, 1.165) is 0 Å². The van der Waals surface area contributed by atoms with Crippen LogP contribution >= 0.6 is 17.0 Å². The van der Waals surface area contributed by atoms with E-state index in [0.29, 0.717) is 0 Å². The summed E-state index contributed by atoms with van der Waals surface area (Å²) in [6.07, 6.45) is 12.0. The first kappa shape index (κ1) is 13.6.